The Balaban J connectivity index is 1.93. The van der Waals surface area contributed by atoms with Crippen LogP contribution in [0.4, 0.5) is 24.5 Å². The van der Waals surface area contributed by atoms with Crippen molar-refractivity contribution in [1.29, 1.82) is 0 Å². The standard InChI is InChI=1S/C20H19Cl2F3N4O2/c21-14-9-13(17(10-15(14)22)29-6-1-4-20(24,25)5-7-29)19(30)27-11-2-3-16(23)12(8-11)18(26)28-31/h2-3,8-10,31H,1,4-7H2,(H2,26,28)(H,27,30). The Labute approximate surface area is 186 Å². The van der Waals surface area contributed by atoms with E-state index in [1.165, 1.54) is 24.3 Å². The summed E-state index contributed by atoms with van der Waals surface area (Å²) in [7, 11) is 0. The second-order valence-corrected chi connectivity index (χ2v) is 7.93. The molecule has 1 amide bonds. The van der Waals surface area contributed by atoms with Gasteiger partial charge in [0.05, 0.1) is 26.9 Å². The summed E-state index contributed by atoms with van der Waals surface area (Å²) >= 11 is 12.2. The van der Waals surface area contributed by atoms with Gasteiger partial charge in [-0.05, 0) is 36.8 Å². The number of nitrogens with zero attached hydrogens (tertiary/aromatic N) is 2. The number of hydrogen-bond acceptors (Lipinski definition) is 4. The third-order valence-corrected chi connectivity index (χ3v) is 5.67. The fraction of sp³-hybridized carbons (Fsp3) is 0.300. The average molecular weight is 475 g/mol. The molecule has 0 saturated carbocycles. The maximum atomic E-state index is 13.9. The predicted octanol–water partition coefficient (Wildman–Crippen LogP) is 5.10. The summed E-state index contributed by atoms with van der Waals surface area (Å²) < 4.78 is 41.5. The Hall–Kier alpha value is -2.65. The summed E-state index contributed by atoms with van der Waals surface area (Å²) in [5.74, 6) is -4.59. The van der Waals surface area contributed by atoms with Crippen molar-refractivity contribution >= 4 is 46.3 Å². The maximum Gasteiger partial charge on any atom is 0.257 e. The van der Waals surface area contributed by atoms with E-state index in [-0.39, 0.29) is 52.7 Å². The van der Waals surface area contributed by atoms with Crippen LogP contribution < -0.4 is 16.0 Å². The van der Waals surface area contributed by atoms with Crippen molar-refractivity contribution in [2.75, 3.05) is 23.3 Å². The number of carbonyl (C=O) groups is 1. The third-order valence-electron chi connectivity index (χ3n) is 4.95. The highest BCUT2D eigenvalue weighted by Crippen LogP contribution is 2.35. The highest BCUT2D eigenvalue weighted by molar-refractivity contribution is 6.42. The van der Waals surface area contributed by atoms with E-state index in [2.05, 4.69) is 10.5 Å². The first-order valence-electron chi connectivity index (χ1n) is 9.32. The van der Waals surface area contributed by atoms with Crippen LogP contribution in [0.15, 0.2) is 35.5 Å². The lowest BCUT2D eigenvalue weighted by Gasteiger charge is -2.26. The van der Waals surface area contributed by atoms with Crippen LogP contribution in [0.1, 0.15) is 35.2 Å². The number of oxime groups is 1. The molecule has 31 heavy (non-hydrogen) atoms. The fourth-order valence-electron chi connectivity index (χ4n) is 3.34. The minimum atomic E-state index is -2.77. The molecule has 4 N–H and O–H groups in total. The van der Waals surface area contributed by atoms with Crippen molar-refractivity contribution < 1.29 is 23.2 Å². The summed E-state index contributed by atoms with van der Waals surface area (Å²) in [5.41, 5.74) is 5.90. The molecular weight excluding hydrogens is 456 g/mol. The molecule has 2 aromatic carbocycles. The second-order valence-electron chi connectivity index (χ2n) is 7.11. The Morgan fingerprint density at radius 3 is 2.55 bits per heavy atom. The normalized spacial score (nSPS) is 16.7. The van der Waals surface area contributed by atoms with E-state index in [0.717, 1.165) is 6.07 Å². The van der Waals surface area contributed by atoms with Gasteiger partial charge < -0.3 is 21.2 Å². The fourth-order valence-corrected chi connectivity index (χ4v) is 3.66. The number of benzene rings is 2. The van der Waals surface area contributed by atoms with Crippen molar-refractivity contribution in [3.8, 4) is 0 Å². The average Bonchev–Trinajstić information content (AvgIpc) is 2.90. The van der Waals surface area contributed by atoms with E-state index in [1.54, 1.807) is 4.90 Å². The molecule has 0 bridgehead atoms. The molecule has 0 aromatic heterocycles. The Bertz CT molecular complexity index is 1030. The molecule has 1 heterocycles. The molecule has 0 radical (unpaired) electrons. The zero-order valence-electron chi connectivity index (χ0n) is 16.1. The lowest BCUT2D eigenvalue weighted by atomic mass is 10.1. The number of anilines is 2. The molecule has 0 unspecified atom stereocenters. The van der Waals surface area contributed by atoms with Gasteiger partial charge in [0.2, 0.25) is 5.92 Å². The van der Waals surface area contributed by atoms with Gasteiger partial charge in [-0.3, -0.25) is 4.79 Å². The highest BCUT2D eigenvalue weighted by atomic mass is 35.5. The summed E-state index contributed by atoms with van der Waals surface area (Å²) in [5, 5.41) is 14.4. The Morgan fingerprint density at radius 1 is 1.13 bits per heavy atom. The van der Waals surface area contributed by atoms with E-state index in [9.17, 15) is 18.0 Å². The van der Waals surface area contributed by atoms with E-state index >= 15 is 0 Å². The quantitative estimate of drug-likeness (QED) is 0.248. The lowest BCUT2D eigenvalue weighted by Crippen LogP contribution is -2.28. The second kappa shape index (κ2) is 9.23. The van der Waals surface area contributed by atoms with E-state index in [1.807, 2.05) is 0 Å². The molecule has 1 aliphatic heterocycles. The van der Waals surface area contributed by atoms with Crippen molar-refractivity contribution in [1.82, 2.24) is 0 Å². The molecule has 3 rings (SSSR count). The number of carbonyl (C=O) groups excluding carboxylic acids is 1. The van der Waals surface area contributed by atoms with E-state index in [0.29, 0.717) is 12.2 Å². The summed E-state index contributed by atoms with van der Waals surface area (Å²) in [6.45, 7) is 0.355. The van der Waals surface area contributed by atoms with E-state index in [4.69, 9.17) is 34.1 Å². The number of alkyl halides is 2. The summed E-state index contributed by atoms with van der Waals surface area (Å²) in [6.07, 6.45) is -0.344. The van der Waals surface area contributed by atoms with Gasteiger partial charge in [-0.1, -0.05) is 28.4 Å². The zero-order valence-corrected chi connectivity index (χ0v) is 17.7. The van der Waals surface area contributed by atoms with Crippen LogP contribution in [-0.4, -0.2) is 36.0 Å². The molecule has 0 spiro atoms. The van der Waals surface area contributed by atoms with Crippen molar-refractivity contribution in [3.63, 3.8) is 0 Å². The Morgan fingerprint density at radius 2 is 1.84 bits per heavy atom. The molecule has 2 aromatic rings. The van der Waals surface area contributed by atoms with Crippen LogP contribution >= 0.6 is 23.2 Å². The molecule has 0 atom stereocenters. The summed E-state index contributed by atoms with van der Waals surface area (Å²) in [4.78, 5) is 14.7. The number of amidine groups is 1. The number of nitrogens with one attached hydrogen (secondary N) is 1. The monoisotopic (exact) mass is 474 g/mol. The van der Waals surface area contributed by atoms with Gasteiger partial charge in [0.25, 0.3) is 5.91 Å². The maximum absolute atomic E-state index is 13.9. The van der Waals surface area contributed by atoms with Gasteiger partial charge >= 0.3 is 0 Å². The molecule has 166 valence electrons. The van der Waals surface area contributed by atoms with Crippen molar-refractivity contribution in [2.45, 2.75) is 25.2 Å². The lowest BCUT2D eigenvalue weighted by molar-refractivity contribution is -0.0102. The topological polar surface area (TPSA) is 91.0 Å². The van der Waals surface area contributed by atoms with Crippen LogP contribution in [-0.2, 0) is 0 Å². The zero-order chi connectivity index (χ0) is 22.8. The Kier molecular flexibility index (Phi) is 6.86. The molecule has 11 heteroatoms. The van der Waals surface area contributed by atoms with Gasteiger partial charge in [0.1, 0.15) is 5.82 Å². The van der Waals surface area contributed by atoms with Crippen molar-refractivity contribution in [3.05, 3.63) is 57.3 Å². The smallest absolute Gasteiger partial charge is 0.257 e. The first-order valence-corrected chi connectivity index (χ1v) is 10.1. The first kappa shape index (κ1) is 23.0. The van der Waals surface area contributed by atoms with Crippen molar-refractivity contribution in [2.24, 2.45) is 10.9 Å². The van der Waals surface area contributed by atoms with Gasteiger partial charge in [-0.15, -0.1) is 0 Å². The molecular formula is C20H19Cl2F3N4O2. The number of rotatable bonds is 4. The third kappa shape index (κ3) is 5.34. The largest absolute Gasteiger partial charge is 0.409 e. The van der Waals surface area contributed by atoms with Gasteiger partial charge in [0, 0.05) is 31.6 Å². The first-order chi connectivity index (χ1) is 14.6. The minimum Gasteiger partial charge on any atom is -0.409 e. The van der Waals surface area contributed by atoms with Gasteiger partial charge in [0.15, 0.2) is 5.84 Å². The number of halogens is 5. The summed E-state index contributed by atoms with van der Waals surface area (Å²) in [6, 6.07) is 6.37. The van der Waals surface area contributed by atoms with Crippen LogP contribution in [0.3, 0.4) is 0 Å². The van der Waals surface area contributed by atoms with Crippen LogP contribution in [0.5, 0.6) is 0 Å². The number of nitrogens with two attached hydrogens (primary N) is 1. The van der Waals surface area contributed by atoms with Crippen LogP contribution in [0.25, 0.3) is 0 Å². The number of amides is 1. The SMILES string of the molecule is NC(=NO)c1cc(NC(=O)c2cc(Cl)c(Cl)cc2N2CCCC(F)(F)CC2)ccc1F. The van der Waals surface area contributed by atoms with Crippen LogP contribution in [0.2, 0.25) is 10.0 Å². The minimum absolute atomic E-state index is 0.0371. The number of hydrogen-bond donors (Lipinski definition) is 3. The van der Waals surface area contributed by atoms with Crippen LogP contribution in [0, 0.1) is 5.82 Å². The van der Waals surface area contributed by atoms with Gasteiger partial charge in [-0.2, -0.15) is 0 Å². The predicted molar refractivity (Wildman–Crippen MR) is 114 cm³/mol. The highest BCUT2D eigenvalue weighted by Gasteiger charge is 2.33. The van der Waals surface area contributed by atoms with E-state index < -0.39 is 23.5 Å². The molecule has 0 aliphatic carbocycles. The molecule has 6 nitrogen and oxygen atoms in total. The molecule has 1 saturated heterocycles. The van der Waals surface area contributed by atoms with Gasteiger partial charge in [-0.25, -0.2) is 13.2 Å². The molecule has 1 aliphatic rings. The molecule has 1 fully saturated rings.